The van der Waals surface area contributed by atoms with E-state index in [2.05, 4.69) is 25.8 Å². The lowest BCUT2D eigenvalue weighted by Gasteiger charge is -2.12. The molecule has 2 aromatic carbocycles. The average Bonchev–Trinajstić information content (AvgIpc) is 2.62. The van der Waals surface area contributed by atoms with Gasteiger partial charge in [-0.25, -0.2) is 0 Å². The molecule has 0 unspecified atom stereocenters. The van der Waals surface area contributed by atoms with Crippen LogP contribution in [0.15, 0.2) is 48.7 Å². The summed E-state index contributed by atoms with van der Waals surface area (Å²) in [5, 5.41) is 14.8. The van der Waals surface area contributed by atoms with Gasteiger partial charge >= 0.3 is 0 Å². The fraction of sp³-hybridized carbons (Fsp3) is 0.118. The van der Waals surface area contributed by atoms with Gasteiger partial charge in [-0.1, -0.05) is 17.7 Å². The summed E-state index contributed by atoms with van der Waals surface area (Å²) in [7, 11) is 3.18. The number of halogens is 1. The first-order chi connectivity index (χ1) is 12.2. The predicted molar refractivity (Wildman–Crippen MR) is 97.4 cm³/mol. The Kier molecular flexibility index (Phi) is 5.15. The van der Waals surface area contributed by atoms with Gasteiger partial charge in [-0.05, 0) is 30.3 Å². The van der Waals surface area contributed by atoms with Crippen molar-refractivity contribution in [3.05, 3.63) is 53.7 Å². The maximum Gasteiger partial charge on any atom is 0.249 e. The summed E-state index contributed by atoms with van der Waals surface area (Å²) in [4.78, 5) is 4.39. The van der Waals surface area contributed by atoms with Crippen LogP contribution >= 0.6 is 11.6 Å². The van der Waals surface area contributed by atoms with Crippen LogP contribution in [0.25, 0.3) is 0 Å². The largest absolute Gasteiger partial charge is 0.497 e. The van der Waals surface area contributed by atoms with Crippen LogP contribution < -0.4 is 20.1 Å². The first-order valence-corrected chi connectivity index (χ1v) is 7.77. The zero-order chi connectivity index (χ0) is 17.6. The molecular weight excluding hydrogens is 342 g/mol. The summed E-state index contributed by atoms with van der Waals surface area (Å²) < 4.78 is 10.5. The van der Waals surface area contributed by atoms with Crippen molar-refractivity contribution in [2.45, 2.75) is 0 Å². The van der Waals surface area contributed by atoms with Gasteiger partial charge in [0.15, 0.2) is 5.82 Å². The lowest BCUT2D eigenvalue weighted by Crippen LogP contribution is -2.03. The molecule has 3 rings (SSSR count). The molecule has 1 aromatic heterocycles. The molecule has 0 amide bonds. The molecule has 0 aliphatic carbocycles. The van der Waals surface area contributed by atoms with Crippen LogP contribution in [0.3, 0.4) is 0 Å². The van der Waals surface area contributed by atoms with Gasteiger partial charge in [0.05, 0.1) is 26.1 Å². The topological polar surface area (TPSA) is 81.2 Å². The molecule has 0 spiro atoms. The molecule has 8 heteroatoms. The molecule has 25 heavy (non-hydrogen) atoms. The van der Waals surface area contributed by atoms with E-state index in [1.54, 1.807) is 32.4 Å². The number of nitrogens with zero attached hydrogens (tertiary/aromatic N) is 3. The van der Waals surface area contributed by atoms with Crippen LogP contribution in [0.1, 0.15) is 0 Å². The van der Waals surface area contributed by atoms with E-state index in [0.29, 0.717) is 34.0 Å². The number of ether oxygens (including phenoxy) is 2. The van der Waals surface area contributed by atoms with Gasteiger partial charge in [0.1, 0.15) is 11.5 Å². The lowest BCUT2D eigenvalue weighted by molar-refractivity contribution is 0.395. The Bertz CT molecular complexity index is 875. The van der Waals surface area contributed by atoms with Crippen molar-refractivity contribution >= 4 is 34.7 Å². The Balaban J connectivity index is 1.80. The molecule has 2 N–H and O–H groups in total. The van der Waals surface area contributed by atoms with Crippen molar-refractivity contribution in [3.63, 3.8) is 0 Å². The average molecular weight is 358 g/mol. The highest BCUT2D eigenvalue weighted by Crippen LogP contribution is 2.30. The molecule has 128 valence electrons. The van der Waals surface area contributed by atoms with Crippen molar-refractivity contribution in [1.29, 1.82) is 0 Å². The molecule has 0 aliphatic rings. The Labute approximate surface area is 150 Å². The van der Waals surface area contributed by atoms with E-state index in [1.807, 2.05) is 24.3 Å². The minimum Gasteiger partial charge on any atom is -0.497 e. The van der Waals surface area contributed by atoms with Crippen LogP contribution in [0.5, 0.6) is 11.5 Å². The maximum absolute atomic E-state index is 5.98. The molecule has 0 aliphatic heterocycles. The maximum atomic E-state index is 5.98. The monoisotopic (exact) mass is 357 g/mol. The third-order valence-electron chi connectivity index (χ3n) is 3.31. The van der Waals surface area contributed by atoms with E-state index >= 15 is 0 Å². The van der Waals surface area contributed by atoms with Gasteiger partial charge in [-0.2, -0.15) is 10.1 Å². The molecule has 0 saturated carbocycles. The number of benzene rings is 2. The second-order valence-electron chi connectivity index (χ2n) is 4.99. The summed E-state index contributed by atoms with van der Waals surface area (Å²) in [6.45, 7) is 0. The van der Waals surface area contributed by atoms with Crippen LogP contribution in [0, 0.1) is 0 Å². The SMILES string of the molecule is COc1ccc(Nc2nncc(Nc3cccc(Cl)c3)n2)c(OC)c1. The number of hydrogen-bond acceptors (Lipinski definition) is 7. The second kappa shape index (κ2) is 7.67. The van der Waals surface area contributed by atoms with E-state index in [9.17, 15) is 0 Å². The van der Waals surface area contributed by atoms with E-state index in [-0.39, 0.29) is 0 Å². The molecule has 0 bridgehead atoms. The van der Waals surface area contributed by atoms with Crippen LogP contribution in [0.4, 0.5) is 23.1 Å². The van der Waals surface area contributed by atoms with Crippen LogP contribution in [-0.4, -0.2) is 29.4 Å². The zero-order valence-corrected chi connectivity index (χ0v) is 14.4. The van der Waals surface area contributed by atoms with Gasteiger partial charge < -0.3 is 20.1 Å². The van der Waals surface area contributed by atoms with E-state index in [0.717, 1.165) is 5.69 Å². The molecule has 0 saturated heterocycles. The highest BCUT2D eigenvalue weighted by molar-refractivity contribution is 6.30. The van der Waals surface area contributed by atoms with Crippen molar-refractivity contribution < 1.29 is 9.47 Å². The molecular formula is C17H16ClN5O2. The number of aromatic nitrogens is 3. The molecule has 0 atom stereocenters. The number of methoxy groups -OCH3 is 2. The molecule has 0 fully saturated rings. The predicted octanol–water partition coefficient (Wildman–Crippen LogP) is 4.03. The van der Waals surface area contributed by atoms with Crippen molar-refractivity contribution in [1.82, 2.24) is 15.2 Å². The Morgan fingerprint density at radius 3 is 2.64 bits per heavy atom. The van der Waals surface area contributed by atoms with E-state index < -0.39 is 0 Å². The minimum absolute atomic E-state index is 0.329. The van der Waals surface area contributed by atoms with Gasteiger partial charge in [-0.15, -0.1) is 5.10 Å². The second-order valence-corrected chi connectivity index (χ2v) is 5.43. The van der Waals surface area contributed by atoms with Crippen molar-refractivity contribution in [2.24, 2.45) is 0 Å². The smallest absolute Gasteiger partial charge is 0.249 e. The fourth-order valence-electron chi connectivity index (χ4n) is 2.15. The summed E-state index contributed by atoms with van der Waals surface area (Å²) in [5.41, 5.74) is 1.51. The normalized spacial score (nSPS) is 10.2. The minimum atomic E-state index is 0.329. The van der Waals surface area contributed by atoms with E-state index in [4.69, 9.17) is 21.1 Å². The highest BCUT2D eigenvalue weighted by Gasteiger charge is 2.08. The van der Waals surface area contributed by atoms with Crippen molar-refractivity contribution in [2.75, 3.05) is 24.9 Å². The van der Waals surface area contributed by atoms with Gasteiger partial charge in [0.2, 0.25) is 5.95 Å². The Morgan fingerprint density at radius 2 is 1.88 bits per heavy atom. The Morgan fingerprint density at radius 1 is 1.00 bits per heavy atom. The summed E-state index contributed by atoms with van der Waals surface area (Å²) >= 11 is 5.98. The molecule has 0 radical (unpaired) electrons. The first kappa shape index (κ1) is 16.8. The van der Waals surface area contributed by atoms with E-state index in [1.165, 1.54) is 6.20 Å². The van der Waals surface area contributed by atoms with Gasteiger partial charge in [0.25, 0.3) is 0 Å². The summed E-state index contributed by atoms with van der Waals surface area (Å²) in [6.07, 6.45) is 1.53. The fourth-order valence-corrected chi connectivity index (χ4v) is 2.34. The van der Waals surface area contributed by atoms with Crippen LogP contribution in [-0.2, 0) is 0 Å². The van der Waals surface area contributed by atoms with Crippen LogP contribution in [0.2, 0.25) is 5.02 Å². The molecule has 1 heterocycles. The number of hydrogen-bond donors (Lipinski definition) is 2. The number of anilines is 4. The quantitative estimate of drug-likeness (QED) is 0.689. The number of rotatable bonds is 6. The lowest BCUT2D eigenvalue weighted by atomic mass is 10.2. The van der Waals surface area contributed by atoms with Gasteiger partial charge in [0, 0.05) is 16.8 Å². The first-order valence-electron chi connectivity index (χ1n) is 7.39. The summed E-state index contributed by atoms with van der Waals surface area (Å²) in [6, 6.07) is 12.7. The third-order valence-corrected chi connectivity index (χ3v) is 3.55. The standard InChI is InChI=1S/C17H16ClN5O2/c1-24-13-6-7-14(15(9-13)25-2)21-17-22-16(10-19-23-17)20-12-5-3-4-11(18)8-12/h3-10H,1-2H3,(H2,20,21,22,23). The third kappa shape index (κ3) is 4.27. The van der Waals surface area contributed by atoms with Crippen molar-refractivity contribution in [3.8, 4) is 11.5 Å². The molecule has 7 nitrogen and oxygen atoms in total. The summed E-state index contributed by atoms with van der Waals surface area (Å²) in [5.74, 6) is 2.16. The highest BCUT2D eigenvalue weighted by atomic mass is 35.5. The Hall–Kier alpha value is -3.06. The zero-order valence-electron chi connectivity index (χ0n) is 13.7. The van der Waals surface area contributed by atoms with Gasteiger partial charge in [-0.3, -0.25) is 0 Å². The number of nitrogens with one attached hydrogen (secondary N) is 2. The molecule has 3 aromatic rings.